The van der Waals surface area contributed by atoms with E-state index in [1.54, 1.807) is 0 Å². The molecule has 236 valence electrons. The van der Waals surface area contributed by atoms with Crippen molar-refractivity contribution < 1.29 is 23.7 Å². The van der Waals surface area contributed by atoms with Gasteiger partial charge >= 0.3 is 12.1 Å². The third-order valence-electron chi connectivity index (χ3n) is 9.30. The van der Waals surface area contributed by atoms with Gasteiger partial charge in [-0.25, -0.2) is 4.79 Å². The van der Waals surface area contributed by atoms with Gasteiger partial charge in [0, 0.05) is 50.1 Å². The zero-order valence-electron chi connectivity index (χ0n) is 26.3. The van der Waals surface area contributed by atoms with Gasteiger partial charge in [0.05, 0.1) is 30.3 Å². The molecule has 0 atom stereocenters. The first kappa shape index (κ1) is 30.6. The summed E-state index contributed by atoms with van der Waals surface area (Å²) in [7, 11) is 0. The summed E-state index contributed by atoms with van der Waals surface area (Å²) < 4.78 is 24.7. The summed E-state index contributed by atoms with van der Waals surface area (Å²) in [6.07, 6.45) is 4.61. The zero-order valence-corrected chi connectivity index (χ0v) is 27.9. The van der Waals surface area contributed by atoms with Gasteiger partial charge in [-0.15, -0.1) is 0 Å². The lowest BCUT2D eigenvalue weighted by molar-refractivity contribution is -0.0781. The molecule has 0 bridgehead atoms. The fourth-order valence-corrected chi connectivity index (χ4v) is 7.43. The summed E-state index contributed by atoms with van der Waals surface area (Å²) >= 11 is 3.81. The second kappa shape index (κ2) is 12.2. The van der Waals surface area contributed by atoms with Gasteiger partial charge in [-0.1, -0.05) is 6.92 Å². The Hall–Kier alpha value is -2.37. The molecule has 0 radical (unpaired) electrons. The van der Waals surface area contributed by atoms with E-state index >= 15 is 0 Å². The fraction of sp³-hybridized carbons (Fsp3) is 0.719. The van der Waals surface area contributed by atoms with E-state index in [1.807, 2.05) is 32.6 Å². The number of hydrogen-bond donors (Lipinski definition) is 0. The average Bonchev–Trinajstić information content (AvgIpc) is 2.92. The molecule has 2 aromatic rings. The van der Waals surface area contributed by atoms with Crippen molar-refractivity contribution >= 4 is 38.7 Å². The first-order valence-electron chi connectivity index (χ1n) is 16.0. The molecule has 1 aromatic carbocycles. The summed E-state index contributed by atoms with van der Waals surface area (Å²) in [4.78, 5) is 29.4. The fourth-order valence-electron chi connectivity index (χ4n) is 6.73. The van der Waals surface area contributed by atoms with E-state index in [-0.39, 0.29) is 17.6 Å². The largest absolute Gasteiger partial charge is 0.490 e. The Balaban J connectivity index is 1.23. The van der Waals surface area contributed by atoms with Gasteiger partial charge in [0.2, 0.25) is 0 Å². The first-order chi connectivity index (χ1) is 20.6. The van der Waals surface area contributed by atoms with E-state index < -0.39 is 5.60 Å². The van der Waals surface area contributed by atoms with Crippen LogP contribution >= 0.6 is 15.9 Å². The highest BCUT2D eigenvalue weighted by molar-refractivity contribution is 9.10. The molecule has 4 aliphatic rings. The smallest absolute Gasteiger partial charge is 0.410 e. The van der Waals surface area contributed by atoms with Crippen LogP contribution in [0.15, 0.2) is 10.5 Å². The Kier molecular flexibility index (Phi) is 8.69. The number of piperidine rings is 2. The van der Waals surface area contributed by atoms with Gasteiger partial charge in [-0.05, 0) is 87.4 Å². The molecule has 6 rings (SSSR count). The van der Waals surface area contributed by atoms with Crippen molar-refractivity contribution in [3.8, 4) is 11.8 Å². The molecule has 10 nitrogen and oxygen atoms in total. The Labute approximate surface area is 263 Å². The van der Waals surface area contributed by atoms with Crippen LogP contribution in [0, 0.1) is 5.41 Å². The van der Waals surface area contributed by atoms with Gasteiger partial charge < -0.3 is 28.7 Å². The topological polar surface area (TPSA) is 89.5 Å². The zero-order chi connectivity index (χ0) is 30.4. The van der Waals surface area contributed by atoms with Crippen molar-refractivity contribution in [3.63, 3.8) is 0 Å². The molecule has 4 aliphatic heterocycles. The summed E-state index contributed by atoms with van der Waals surface area (Å²) in [5.41, 5.74) is 1.62. The molecule has 1 spiro atoms. The van der Waals surface area contributed by atoms with E-state index in [4.69, 9.17) is 28.9 Å². The number of fused-ring (bicyclic) bond motifs is 1. The number of rotatable bonds is 7. The third kappa shape index (κ3) is 6.40. The van der Waals surface area contributed by atoms with Gasteiger partial charge in [0.15, 0.2) is 5.75 Å². The number of aryl methyl sites for hydroxylation is 1. The number of carbonyl (C=O) groups is 1. The maximum absolute atomic E-state index is 12.6. The summed E-state index contributed by atoms with van der Waals surface area (Å²) in [5.74, 6) is 1.66. The van der Waals surface area contributed by atoms with Gasteiger partial charge in [0.25, 0.3) is 0 Å². The van der Waals surface area contributed by atoms with Crippen molar-refractivity contribution in [2.24, 2.45) is 5.41 Å². The van der Waals surface area contributed by atoms with E-state index in [1.165, 1.54) is 5.56 Å². The minimum Gasteiger partial charge on any atom is -0.490 e. The highest BCUT2D eigenvalue weighted by atomic mass is 79.9. The Bertz CT molecular complexity index is 1320. The number of aromatic nitrogens is 2. The van der Waals surface area contributed by atoms with E-state index in [0.29, 0.717) is 18.7 Å². The lowest BCUT2D eigenvalue weighted by Gasteiger charge is -2.53. The SMILES string of the molecule is CCOc1c(Br)c(CC)cc2c(N3CCC4(CC3)CN(C(=O)OC(C)(C)C)C4)nc(OC3CCN(C4COC4)CC3)nc12. The molecular formula is C32H46BrN5O5. The summed E-state index contributed by atoms with van der Waals surface area (Å²) in [6.45, 7) is 17.3. The van der Waals surface area contributed by atoms with Crippen LogP contribution in [0.4, 0.5) is 10.6 Å². The number of amides is 1. The van der Waals surface area contributed by atoms with Crippen molar-refractivity contribution in [1.82, 2.24) is 19.8 Å². The maximum atomic E-state index is 12.6. The molecule has 1 amide bonds. The number of anilines is 1. The van der Waals surface area contributed by atoms with E-state index in [0.717, 1.165) is 112 Å². The third-order valence-corrected chi connectivity index (χ3v) is 10.2. The second-order valence-electron chi connectivity index (χ2n) is 13.6. The van der Waals surface area contributed by atoms with Crippen LogP contribution in [-0.4, -0.2) is 103 Å². The van der Waals surface area contributed by atoms with Crippen LogP contribution in [0.25, 0.3) is 10.9 Å². The highest BCUT2D eigenvalue weighted by Crippen LogP contribution is 2.45. The van der Waals surface area contributed by atoms with Crippen LogP contribution in [0.5, 0.6) is 11.8 Å². The number of benzene rings is 1. The van der Waals surface area contributed by atoms with Crippen molar-refractivity contribution in [3.05, 3.63) is 16.1 Å². The number of carbonyl (C=O) groups excluding carboxylic acids is 1. The predicted molar refractivity (Wildman–Crippen MR) is 169 cm³/mol. The first-order valence-corrected chi connectivity index (χ1v) is 16.7. The standard InChI is InChI=1S/C32H46BrN5O5/c1-6-21-16-24-26(27(25(21)33)41-7-2)34-29(42-23-8-12-36(13-9-23)22-17-40-18-22)35-28(24)37-14-10-32(11-15-37)19-38(20-32)30(39)43-31(3,4)5/h16,22-23H,6-15,17-20H2,1-5H3. The van der Waals surface area contributed by atoms with Crippen molar-refractivity contribution in [2.45, 2.75) is 84.5 Å². The molecule has 4 saturated heterocycles. The molecular weight excluding hydrogens is 614 g/mol. The lowest BCUT2D eigenvalue weighted by Crippen LogP contribution is -2.62. The van der Waals surface area contributed by atoms with Gasteiger partial charge in [-0.3, -0.25) is 4.90 Å². The normalized spacial score (nSPS) is 21.5. The molecule has 0 aliphatic carbocycles. The Morgan fingerprint density at radius 2 is 1.79 bits per heavy atom. The van der Waals surface area contributed by atoms with Crippen LogP contribution < -0.4 is 14.4 Å². The summed E-state index contributed by atoms with van der Waals surface area (Å²) in [5, 5.41) is 0.996. The van der Waals surface area contributed by atoms with Gasteiger partial charge in [0.1, 0.15) is 23.0 Å². The number of ether oxygens (including phenoxy) is 4. The molecule has 4 fully saturated rings. The molecule has 0 saturated carbocycles. The van der Waals surface area contributed by atoms with Crippen LogP contribution in [0.3, 0.4) is 0 Å². The van der Waals surface area contributed by atoms with Crippen molar-refractivity contribution in [1.29, 1.82) is 0 Å². The predicted octanol–water partition coefficient (Wildman–Crippen LogP) is 5.43. The average molecular weight is 661 g/mol. The van der Waals surface area contributed by atoms with Crippen LogP contribution in [-0.2, 0) is 15.9 Å². The molecule has 43 heavy (non-hydrogen) atoms. The maximum Gasteiger partial charge on any atom is 0.410 e. The number of likely N-dealkylation sites (tertiary alicyclic amines) is 2. The molecule has 1 aromatic heterocycles. The molecule has 0 N–H and O–H groups in total. The minimum atomic E-state index is -0.480. The Morgan fingerprint density at radius 1 is 1.09 bits per heavy atom. The molecule has 0 unspecified atom stereocenters. The quantitative estimate of drug-likeness (QED) is 0.386. The number of halogens is 1. The van der Waals surface area contributed by atoms with Crippen molar-refractivity contribution in [2.75, 3.05) is 64.0 Å². The number of nitrogens with zero attached hydrogens (tertiary/aromatic N) is 5. The van der Waals surface area contributed by atoms with Crippen LogP contribution in [0.1, 0.15) is 65.9 Å². The monoisotopic (exact) mass is 659 g/mol. The van der Waals surface area contributed by atoms with Crippen LogP contribution in [0.2, 0.25) is 0 Å². The second-order valence-corrected chi connectivity index (χ2v) is 14.4. The molecule has 5 heterocycles. The number of hydrogen-bond acceptors (Lipinski definition) is 9. The minimum absolute atomic E-state index is 0.0786. The summed E-state index contributed by atoms with van der Waals surface area (Å²) in [6, 6.07) is 3.18. The Morgan fingerprint density at radius 3 is 2.37 bits per heavy atom. The molecule has 11 heteroatoms. The van der Waals surface area contributed by atoms with E-state index in [2.05, 4.69) is 38.7 Å². The lowest BCUT2D eigenvalue weighted by atomic mass is 9.72. The highest BCUT2D eigenvalue weighted by Gasteiger charge is 2.48. The van der Waals surface area contributed by atoms with Gasteiger partial charge in [-0.2, -0.15) is 9.97 Å². The van der Waals surface area contributed by atoms with E-state index in [9.17, 15) is 4.79 Å².